The lowest BCUT2D eigenvalue weighted by Crippen LogP contribution is -2.11. The molecule has 0 unspecified atom stereocenters. The molecule has 0 aliphatic carbocycles. The SMILES string of the molecule is C/C1=C(/c2cccc3ccccc23)N=C(c2cccc3oc4ccccc4c23)N=C(c2cc(-n3c4ccccc4c4cc5ccccc5cc43)c3oc4c5ccccc5ccc4c3c2)CC1. The number of hydrogen-bond acceptors (Lipinski definition) is 4. The monoisotopic (exact) mass is 845 g/mol. The maximum Gasteiger partial charge on any atom is 0.160 e. The minimum atomic E-state index is 0.650. The van der Waals surface area contributed by atoms with Crippen LogP contribution in [0.3, 0.4) is 0 Å². The van der Waals surface area contributed by atoms with Crippen molar-refractivity contribution in [2.75, 3.05) is 0 Å². The molecular formula is C61H39N3O2. The first-order valence-corrected chi connectivity index (χ1v) is 22.7. The molecule has 0 N–H and O–H groups in total. The van der Waals surface area contributed by atoms with E-state index in [9.17, 15) is 0 Å². The van der Waals surface area contributed by atoms with Crippen molar-refractivity contribution in [2.45, 2.75) is 19.8 Å². The van der Waals surface area contributed by atoms with Crippen molar-refractivity contribution < 1.29 is 8.83 Å². The predicted octanol–water partition coefficient (Wildman–Crippen LogP) is 16.5. The van der Waals surface area contributed by atoms with Crippen LogP contribution in [0.15, 0.2) is 219 Å². The van der Waals surface area contributed by atoms with Crippen LogP contribution >= 0.6 is 0 Å². The van der Waals surface area contributed by atoms with Gasteiger partial charge in [-0.2, -0.15) is 0 Å². The molecule has 0 saturated heterocycles. The van der Waals surface area contributed by atoms with Gasteiger partial charge in [0.1, 0.15) is 16.7 Å². The fourth-order valence-electron chi connectivity index (χ4n) is 10.7. The Bertz CT molecular complexity index is 4300. The van der Waals surface area contributed by atoms with E-state index in [4.69, 9.17) is 18.8 Å². The van der Waals surface area contributed by atoms with E-state index in [1.807, 2.05) is 18.2 Å². The topological polar surface area (TPSA) is 55.9 Å². The number of amidine groups is 1. The first-order chi connectivity index (χ1) is 32.6. The molecule has 3 aromatic heterocycles. The number of aliphatic imine (C=N–C) groups is 2. The van der Waals surface area contributed by atoms with Crippen molar-refractivity contribution in [1.82, 2.24) is 4.57 Å². The second-order valence-corrected chi connectivity index (χ2v) is 17.6. The van der Waals surface area contributed by atoms with Gasteiger partial charge in [0.15, 0.2) is 11.4 Å². The van der Waals surface area contributed by atoms with Crippen LogP contribution in [-0.4, -0.2) is 16.1 Å². The molecule has 66 heavy (non-hydrogen) atoms. The predicted molar refractivity (Wildman–Crippen MR) is 276 cm³/mol. The second kappa shape index (κ2) is 14.2. The molecule has 13 aromatic rings. The first-order valence-electron chi connectivity index (χ1n) is 22.7. The van der Waals surface area contributed by atoms with Crippen LogP contribution in [0.1, 0.15) is 36.5 Å². The molecule has 5 nitrogen and oxygen atoms in total. The summed E-state index contributed by atoms with van der Waals surface area (Å²) in [5.74, 6) is 0.650. The van der Waals surface area contributed by atoms with E-state index in [0.29, 0.717) is 12.3 Å². The molecule has 10 aromatic carbocycles. The van der Waals surface area contributed by atoms with Crippen LogP contribution in [-0.2, 0) is 0 Å². The van der Waals surface area contributed by atoms with Crippen LogP contribution < -0.4 is 0 Å². The summed E-state index contributed by atoms with van der Waals surface area (Å²) < 4.78 is 16.1. The summed E-state index contributed by atoms with van der Waals surface area (Å²) in [5.41, 5.74) is 12.7. The van der Waals surface area contributed by atoms with Gasteiger partial charge in [0.05, 0.1) is 28.1 Å². The highest BCUT2D eigenvalue weighted by molar-refractivity contribution is 6.25. The van der Waals surface area contributed by atoms with Gasteiger partial charge in [-0.05, 0) is 106 Å². The number of allylic oxidation sites excluding steroid dienone is 1. The second-order valence-electron chi connectivity index (χ2n) is 17.6. The van der Waals surface area contributed by atoms with Crippen molar-refractivity contribution in [1.29, 1.82) is 0 Å². The summed E-state index contributed by atoms with van der Waals surface area (Å²) in [6, 6.07) is 69.2. The number of hydrogen-bond donors (Lipinski definition) is 0. The average Bonchev–Trinajstić information content (AvgIpc) is 4.04. The largest absolute Gasteiger partial charge is 0.456 e. The molecule has 0 saturated carbocycles. The standard InChI is InChI=1S/C61H39N3O2/c1-36-28-31-51(62-61(63-58(36)45-23-12-18-37-14-4-6-19-42(37)45)48-24-13-27-56-57(48)47-22-9-11-26-55(47)65-56)41-33-50-46-30-29-38-15-5-7-20-43(38)59(46)66-60(50)54(35-41)64-52-25-10-8-21-44(52)49-32-39-16-2-3-17-40(39)34-53(49)64/h2-27,29-30,32-35H,28,31H2,1H3/b58-36+,62-51?,63-61?. The molecule has 1 aliphatic rings. The summed E-state index contributed by atoms with van der Waals surface area (Å²) in [7, 11) is 0. The van der Waals surface area contributed by atoms with E-state index in [-0.39, 0.29) is 0 Å². The minimum absolute atomic E-state index is 0.650. The molecule has 0 amide bonds. The molecule has 310 valence electrons. The molecule has 0 bridgehead atoms. The first kappa shape index (κ1) is 36.9. The lowest BCUT2D eigenvalue weighted by atomic mass is 9.94. The van der Waals surface area contributed by atoms with E-state index in [1.165, 1.54) is 37.9 Å². The van der Waals surface area contributed by atoms with Gasteiger partial charge in [-0.3, -0.25) is 0 Å². The maximum absolute atomic E-state index is 7.18. The van der Waals surface area contributed by atoms with Crippen molar-refractivity contribution in [3.63, 3.8) is 0 Å². The Kier molecular flexibility index (Phi) is 7.96. The Labute approximate surface area is 378 Å². The molecule has 1 aliphatic heterocycles. The fourth-order valence-corrected chi connectivity index (χ4v) is 10.7. The summed E-state index contributed by atoms with van der Waals surface area (Å²) >= 11 is 0. The van der Waals surface area contributed by atoms with E-state index in [2.05, 4.69) is 187 Å². The van der Waals surface area contributed by atoms with Gasteiger partial charge >= 0.3 is 0 Å². The van der Waals surface area contributed by atoms with Gasteiger partial charge in [-0.25, -0.2) is 9.98 Å². The molecule has 0 fully saturated rings. The van der Waals surface area contributed by atoms with Gasteiger partial charge in [0.2, 0.25) is 0 Å². The number of fused-ring (bicyclic) bond motifs is 13. The minimum Gasteiger partial charge on any atom is -0.456 e. The quantitative estimate of drug-likeness (QED) is 0.177. The zero-order valence-corrected chi connectivity index (χ0v) is 36.0. The Morgan fingerprint density at radius 3 is 1.95 bits per heavy atom. The van der Waals surface area contributed by atoms with Crippen LogP contribution in [0.5, 0.6) is 0 Å². The summed E-state index contributed by atoms with van der Waals surface area (Å²) in [5, 5.41) is 13.5. The molecule has 5 heteroatoms. The molecular weight excluding hydrogens is 807 g/mol. The third-order valence-corrected chi connectivity index (χ3v) is 13.8. The van der Waals surface area contributed by atoms with Crippen LogP contribution in [0, 0.1) is 0 Å². The number of rotatable bonds is 4. The van der Waals surface area contributed by atoms with Gasteiger partial charge in [-0.1, -0.05) is 146 Å². The van der Waals surface area contributed by atoms with E-state index in [1.54, 1.807) is 0 Å². The zero-order chi connectivity index (χ0) is 43.5. The van der Waals surface area contributed by atoms with Crippen LogP contribution in [0.25, 0.3) is 109 Å². The van der Waals surface area contributed by atoms with Crippen LogP contribution in [0.4, 0.5) is 0 Å². The Balaban J connectivity index is 1.08. The molecule has 4 heterocycles. The Morgan fingerprint density at radius 1 is 0.424 bits per heavy atom. The van der Waals surface area contributed by atoms with Gasteiger partial charge < -0.3 is 13.4 Å². The number of para-hydroxylation sites is 2. The molecule has 0 atom stereocenters. The van der Waals surface area contributed by atoms with Crippen LogP contribution in [0.2, 0.25) is 0 Å². The highest BCUT2D eigenvalue weighted by Crippen LogP contribution is 2.43. The molecule has 14 rings (SSSR count). The van der Waals surface area contributed by atoms with Gasteiger partial charge in [0.25, 0.3) is 0 Å². The van der Waals surface area contributed by atoms with Crippen molar-refractivity contribution in [2.24, 2.45) is 9.98 Å². The summed E-state index contributed by atoms with van der Waals surface area (Å²) in [6.07, 6.45) is 1.47. The number of aromatic nitrogens is 1. The highest BCUT2D eigenvalue weighted by atomic mass is 16.3. The van der Waals surface area contributed by atoms with E-state index < -0.39 is 0 Å². The lowest BCUT2D eigenvalue weighted by Gasteiger charge is -2.18. The summed E-state index contributed by atoms with van der Waals surface area (Å²) in [4.78, 5) is 11.4. The normalized spacial score (nSPS) is 14.9. The third-order valence-electron chi connectivity index (χ3n) is 13.8. The Hall–Kier alpha value is -8.54. The number of nitrogens with zero attached hydrogens (tertiary/aromatic N) is 3. The van der Waals surface area contributed by atoms with Crippen molar-refractivity contribution >= 4 is 115 Å². The molecule has 0 radical (unpaired) electrons. The zero-order valence-electron chi connectivity index (χ0n) is 36.0. The van der Waals surface area contributed by atoms with Crippen molar-refractivity contribution in [3.05, 3.63) is 216 Å². The number of benzene rings is 10. The smallest absolute Gasteiger partial charge is 0.160 e. The maximum atomic E-state index is 7.18. The van der Waals surface area contributed by atoms with Crippen molar-refractivity contribution in [3.8, 4) is 5.69 Å². The lowest BCUT2D eigenvalue weighted by molar-refractivity contribution is 0.669. The van der Waals surface area contributed by atoms with Gasteiger partial charge in [-0.15, -0.1) is 0 Å². The number of furan rings is 2. The highest BCUT2D eigenvalue weighted by Gasteiger charge is 2.25. The fraction of sp³-hybridized carbons (Fsp3) is 0.0492. The summed E-state index contributed by atoms with van der Waals surface area (Å²) in [6.45, 7) is 2.24. The van der Waals surface area contributed by atoms with E-state index >= 15 is 0 Å². The van der Waals surface area contributed by atoms with Gasteiger partial charge in [0, 0.05) is 48.8 Å². The third kappa shape index (κ3) is 5.53. The molecule has 0 spiro atoms. The Morgan fingerprint density at radius 2 is 1.09 bits per heavy atom. The average molecular weight is 846 g/mol. The van der Waals surface area contributed by atoms with E-state index in [0.717, 1.165) is 106 Å².